The van der Waals surface area contributed by atoms with Crippen LogP contribution in [0.25, 0.3) is 22.3 Å². The number of carbonyl (C=O) groups excluding carboxylic acids is 4. The quantitative estimate of drug-likeness (QED) is 0.0211. The zero-order valence-corrected chi connectivity index (χ0v) is 43.6. The Morgan fingerprint density at radius 2 is 0.833 bits per heavy atom. The first-order chi connectivity index (χ1) is 37.5. The molecule has 1 aliphatic rings. The average Bonchev–Trinajstić information content (AvgIpc) is 3.49. The number of phenols is 2. The lowest BCUT2D eigenvalue weighted by Gasteiger charge is -2.21. The van der Waals surface area contributed by atoms with E-state index in [1.54, 1.807) is 24.3 Å². The normalized spacial score (nSPS) is 12.5. The zero-order chi connectivity index (χ0) is 55.9. The third kappa shape index (κ3) is 15.0. The van der Waals surface area contributed by atoms with Crippen molar-refractivity contribution < 1.29 is 48.3 Å². The van der Waals surface area contributed by atoms with Crippen molar-refractivity contribution in [1.82, 2.24) is 0 Å². The number of para-hydroxylation sites is 2. The number of hydrogen-bond donors (Lipinski definition) is 10. The molecule has 78 heavy (non-hydrogen) atoms. The molecule has 0 saturated heterocycles. The van der Waals surface area contributed by atoms with E-state index in [-0.39, 0.29) is 49.1 Å². The van der Waals surface area contributed by atoms with Crippen molar-refractivity contribution in [2.45, 2.75) is 63.5 Å². The van der Waals surface area contributed by atoms with E-state index in [9.17, 15) is 29.4 Å². The van der Waals surface area contributed by atoms with Crippen LogP contribution in [-0.2, 0) is 54.3 Å². The van der Waals surface area contributed by atoms with E-state index in [0.29, 0.717) is 128 Å². The fraction of sp³-hybridized carbons (Fsp3) is 0.276. The predicted octanol–water partition coefficient (Wildman–Crippen LogP) is 4.85. The minimum atomic E-state index is -0.828. The van der Waals surface area contributed by atoms with Gasteiger partial charge in [-0.3, -0.25) is 19.6 Å². The van der Waals surface area contributed by atoms with Crippen LogP contribution in [0.3, 0.4) is 0 Å². The van der Waals surface area contributed by atoms with E-state index in [4.69, 9.17) is 53.3 Å². The molecule has 20 nitrogen and oxygen atoms in total. The molecule has 1 aliphatic carbocycles. The first-order valence-corrected chi connectivity index (χ1v) is 25.2. The van der Waals surface area contributed by atoms with Crippen LogP contribution < -0.4 is 54.5 Å². The highest BCUT2D eigenvalue weighted by Gasteiger charge is 2.24. The van der Waals surface area contributed by atoms with E-state index >= 15 is 0 Å². The van der Waals surface area contributed by atoms with E-state index in [1.165, 1.54) is 14.2 Å². The molecule has 20 heteroatoms. The average molecular weight is 1060 g/mol. The highest BCUT2D eigenvalue weighted by atomic mass is 16.6. The number of fused-ring (bicyclic) bond motifs is 8. The third-order valence-corrected chi connectivity index (χ3v) is 13.1. The standard InChI is InChI=1S/C58H66N10O10/c1-75-49(69)31-77-53-35-11-3-12-36(53)22-42-26-40(34-10-6-16-46(30-34)68-56(74)48(60)18-8-20-66-58(63)64)28-44(52(42)72)24-38-14-4-13-37(54(38)78-32-50(70)76-2)23-43-27-39(25-41(21-35)51(43)71)33-9-5-15-45(29-33)67-55(73)47(59)17-7-19-65-57(61)62/h3-6,9-16,25-30,47-48,71-72H,7-8,17-24,31-32,59-60H2,1-2H3,(H,67,73)(H,68,74)(H4,61,62,65)(H4,63,64,66)/t47-,48-/m0/s1. The summed E-state index contributed by atoms with van der Waals surface area (Å²) in [6, 6.07) is 31.2. The van der Waals surface area contributed by atoms with Gasteiger partial charge in [-0.05, 0) is 141 Å². The summed E-state index contributed by atoms with van der Waals surface area (Å²) in [7, 11) is 2.52. The minimum absolute atomic E-state index is 0.0219. The molecule has 8 bridgehead atoms. The molecular weight excluding hydrogens is 997 g/mol. The van der Waals surface area contributed by atoms with Crippen LogP contribution in [0.15, 0.2) is 119 Å². The lowest BCUT2D eigenvalue weighted by Crippen LogP contribution is -2.35. The second kappa shape index (κ2) is 26.6. The summed E-state index contributed by atoms with van der Waals surface area (Å²) in [5.41, 5.74) is 42.4. The maximum atomic E-state index is 13.3. The molecule has 408 valence electrons. The van der Waals surface area contributed by atoms with Crippen molar-refractivity contribution in [3.8, 4) is 45.3 Å². The predicted molar refractivity (Wildman–Crippen MR) is 299 cm³/mol. The van der Waals surface area contributed by atoms with E-state index in [0.717, 1.165) is 0 Å². The van der Waals surface area contributed by atoms with E-state index in [2.05, 4.69) is 20.6 Å². The van der Waals surface area contributed by atoms with Crippen LogP contribution >= 0.6 is 0 Å². The molecule has 0 heterocycles. The number of esters is 2. The monoisotopic (exact) mass is 1060 g/mol. The number of nitrogens with zero attached hydrogens (tertiary/aromatic N) is 2. The van der Waals surface area contributed by atoms with Gasteiger partial charge in [0.2, 0.25) is 11.8 Å². The summed E-state index contributed by atoms with van der Waals surface area (Å²) in [5.74, 6) is -1.47. The van der Waals surface area contributed by atoms with Gasteiger partial charge in [0.15, 0.2) is 25.1 Å². The first-order valence-electron chi connectivity index (χ1n) is 25.2. The van der Waals surface area contributed by atoms with E-state index in [1.807, 2.05) is 84.9 Å². The Bertz CT molecular complexity index is 2920. The van der Waals surface area contributed by atoms with Crippen LogP contribution in [0.4, 0.5) is 11.4 Å². The van der Waals surface area contributed by atoms with Crippen LogP contribution in [-0.4, -0.2) is 98.5 Å². The third-order valence-electron chi connectivity index (χ3n) is 13.1. The van der Waals surface area contributed by atoms with Gasteiger partial charge >= 0.3 is 11.9 Å². The van der Waals surface area contributed by atoms with Gasteiger partial charge in [0.25, 0.3) is 0 Å². The van der Waals surface area contributed by atoms with Gasteiger partial charge in [0.05, 0.1) is 26.3 Å². The van der Waals surface area contributed by atoms with Gasteiger partial charge < -0.3 is 74.2 Å². The second-order valence-electron chi connectivity index (χ2n) is 18.8. The Morgan fingerprint density at radius 1 is 0.500 bits per heavy atom. The summed E-state index contributed by atoms with van der Waals surface area (Å²) >= 11 is 0. The highest BCUT2D eigenvalue weighted by Crippen LogP contribution is 2.42. The molecule has 2 amide bonds. The number of anilines is 2. The minimum Gasteiger partial charge on any atom is -0.507 e. The van der Waals surface area contributed by atoms with Crippen molar-refractivity contribution in [3.05, 3.63) is 154 Å². The van der Waals surface area contributed by atoms with Crippen molar-refractivity contribution in [3.63, 3.8) is 0 Å². The number of aliphatic imine (C=N–C) groups is 2. The zero-order valence-electron chi connectivity index (χ0n) is 43.6. The number of amides is 2. The summed E-state index contributed by atoms with van der Waals surface area (Å²) in [5, 5.41) is 30.6. The lowest BCUT2D eigenvalue weighted by atomic mass is 9.88. The smallest absolute Gasteiger partial charge is 0.343 e. The molecule has 7 rings (SSSR count). The number of nitrogens with one attached hydrogen (secondary N) is 2. The number of benzene rings is 6. The lowest BCUT2D eigenvalue weighted by molar-refractivity contribution is -0.143. The molecule has 0 unspecified atom stereocenters. The van der Waals surface area contributed by atoms with Gasteiger partial charge in [0, 0.05) is 50.1 Å². The summed E-state index contributed by atoms with van der Waals surface area (Å²) < 4.78 is 22.6. The number of rotatable bonds is 20. The molecule has 2 atom stereocenters. The number of phenolic OH excluding ortho intramolecular Hbond substituents is 2. The van der Waals surface area contributed by atoms with Crippen molar-refractivity contribution in [1.29, 1.82) is 0 Å². The van der Waals surface area contributed by atoms with Crippen molar-refractivity contribution >= 4 is 47.0 Å². The van der Waals surface area contributed by atoms with Gasteiger partial charge in [-0.2, -0.15) is 0 Å². The number of ether oxygens (including phenoxy) is 4. The Kier molecular flexibility index (Phi) is 19.3. The van der Waals surface area contributed by atoms with E-state index < -0.39 is 49.1 Å². The van der Waals surface area contributed by atoms with Gasteiger partial charge in [-0.1, -0.05) is 60.7 Å². The van der Waals surface area contributed by atoms with Gasteiger partial charge in [0.1, 0.15) is 23.0 Å². The maximum absolute atomic E-state index is 13.3. The second-order valence-corrected chi connectivity index (χ2v) is 18.8. The number of guanidine groups is 2. The molecule has 6 aromatic rings. The van der Waals surface area contributed by atoms with Crippen LogP contribution in [0.1, 0.15) is 70.2 Å². The van der Waals surface area contributed by atoms with Crippen LogP contribution in [0.2, 0.25) is 0 Å². The Hall–Kier alpha value is -9.14. The molecule has 0 fully saturated rings. The Balaban J connectivity index is 1.34. The largest absolute Gasteiger partial charge is 0.507 e. The SMILES string of the molecule is COC(=O)COc1c2cccc1Cc1cc(-c3cccc(NC(=O)[C@@H](N)CCCN=C(N)N)c3)cc(c1O)Cc1cccc(c1OCC(=O)OC)Cc1cc(-c3cccc(NC(=O)[C@@H](N)CCCN=C(N)N)c3)cc(c1O)C2. The fourth-order valence-electron chi connectivity index (χ4n) is 9.12. The molecule has 0 spiro atoms. The molecular formula is C58H66N10O10. The Labute approximate surface area is 451 Å². The Morgan fingerprint density at radius 3 is 1.15 bits per heavy atom. The molecule has 0 aromatic heterocycles. The number of aromatic hydroxyl groups is 2. The number of methoxy groups -OCH3 is 2. The number of nitrogens with two attached hydrogens (primary N) is 6. The summed E-state index contributed by atoms with van der Waals surface area (Å²) in [6.45, 7) is -0.209. The van der Waals surface area contributed by atoms with Gasteiger partial charge in [-0.15, -0.1) is 0 Å². The maximum Gasteiger partial charge on any atom is 0.343 e. The van der Waals surface area contributed by atoms with Crippen LogP contribution in [0, 0.1) is 0 Å². The molecule has 0 saturated carbocycles. The molecule has 6 aromatic carbocycles. The van der Waals surface area contributed by atoms with Gasteiger partial charge in [-0.25, -0.2) is 9.59 Å². The van der Waals surface area contributed by atoms with Crippen LogP contribution in [0.5, 0.6) is 23.0 Å². The molecule has 16 N–H and O–H groups in total. The molecule has 0 radical (unpaired) electrons. The molecule has 0 aliphatic heterocycles. The number of carbonyl (C=O) groups is 4. The van der Waals surface area contributed by atoms with Crippen molar-refractivity contribution in [2.24, 2.45) is 44.4 Å². The first kappa shape index (κ1) is 56.6. The topological polar surface area (TPSA) is 351 Å². The highest BCUT2D eigenvalue weighted by molar-refractivity contribution is 5.96. The van der Waals surface area contributed by atoms with Crippen molar-refractivity contribution in [2.75, 3.05) is 51.2 Å². The summed E-state index contributed by atoms with van der Waals surface area (Å²) in [6.07, 6.45) is 2.10. The fourth-order valence-corrected chi connectivity index (χ4v) is 9.12. The summed E-state index contributed by atoms with van der Waals surface area (Å²) in [4.78, 5) is 59.9. The number of hydrogen-bond acceptors (Lipinski definition) is 14.